The Morgan fingerprint density at radius 1 is 0.941 bits per heavy atom. The second-order valence-corrected chi connectivity index (χ2v) is 10.2. The van der Waals surface area contributed by atoms with E-state index in [2.05, 4.69) is 21.2 Å². The molecule has 1 aliphatic heterocycles. The Balaban J connectivity index is 1.82. The van der Waals surface area contributed by atoms with Gasteiger partial charge in [0.15, 0.2) is 6.61 Å². The molecule has 0 aromatic heterocycles. The lowest BCUT2D eigenvalue weighted by Crippen LogP contribution is -2.47. The first kappa shape index (κ1) is 26.8. The van der Waals surface area contributed by atoms with E-state index in [0.29, 0.717) is 5.69 Å². The van der Waals surface area contributed by atoms with Gasteiger partial charge in [-0.15, -0.1) is 0 Å². The second kappa shape index (κ2) is 10.8. The zero-order valence-electron chi connectivity index (χ0n) is 17.8. The summed E-state index contributed by atoms with van der Waals surface area (Å²) < 4.78 is 5.98. The van der Waals surface area contributed by atoms with E-state index < -0.39 is 36.3 Å². The number of carbonyl (C=O) groups excluding carboxylic acids is 4. The lowest BCUT2D eigenvalue weighted by molar-refractivity contribution is -0.151. The van der Waals surface area contributed by atoms with Crippen LogP contribution in [0.4, 0.5) is 5.69 Å². The van der Waals surface area contributed by atoms with Crippen LogP contribution >= 0.6 is 62.3 Å². The lowest BCUT2D eigenvalue weighted by Gasteiger charge is -2.26. The van der Waals surface area contributed by atoms with Gasteiger partial charge in [0.25, 0.3) is 17.7 Å². The summed E-state index contributed by atoms with van der Waals surface area (Å²) in [6, 6.07) is 5.47. The molecule has 2 aromatic carbocycles. The fourth-order valence-corrected chi connectivity index (χ4v) is 4.64. The van der Waals surface area contributed by atoms with E-state index in [1.165, 1.54) is 0 Å². The molecule has 0 radical (unpaired) electrons. The molecule has 34 heavy (non-hydrogen) atoms. The van der Waals surface area contributed by atoms with Gasteiger partial charge in [-0.25, -0.2) is 4.79 Å². The fraction of sp³-hybridized carbons (Fsp3) is 0.273. The van der Waals surface area contributed by atoms with E-state index >= 15 is 0 Å². The minimum absolute atomic E-state index is 0.0787. The number of esters is 1. The highest BCUT2D eigenvalue weighted by Gasteiger charge is 2.47. The summed E-state index contributed by atoms with van der Waals surface area (Å²) in [5, 5.41) is 1.75. The number of nitrogens with one attached hydrogen (secondary N) is 1. The molecule has 0 saturated heterocycles. The van der Waals surface area contributed by atoms with Gasteiger partial charge in [0.05, 0.1) is 31.2 Å². The van der Waals surface area contributed by atoms with Gasteiger partial charge in [-0.2, -0.15) is 0 Å². The molecular weight excluding hydrogens is 594 g/mol. The van der Waals surface area contributed by atoms with Crippen molar-refractivity contribution in [3.05, 3.63) is 60.0 Å². The predicted molar refractivity (Wildman–Crippen MR) is 134 cm³/mol. The zero-order chi connectivity index (χ0) is 25.3. The average Bonchev–Trinajstić information content (AvgIpc) is 3.04. The van der Waals surface area contributed by atoms with Crippen molar-refractivity contribution in [1.82, 2.24) is 4.90 Å². The fourth-order valence-electron chi connectivity index (χ4n) is 3.37. The van der Waals surface area contributed by atoms with Crippen LogP contribution in [-0.2, 0) is 14.3 Å². The molecule has 0 spiro atoms. The van der Waals surface area contributed by atoms with Crippen LogP contribution in [0.2, 0.25) is 20.1 Å². The van der Waals surface area contributed by atoms with Crippen molar-refractivity contribution in [1.29, 1.82) is 0 Å². The Morgan fingerprint density at radius 2 is 1.44 bits per heavy atom. The number of carbonyl (C=O) groups is 4. The number of anilines is 1. The number of fused-ring (bicyclic) bond motifs is 1. The molecule has 0 fully saturated rings. The summed E-state index contributed by atoms with van der Waals surface area (Å²) >= 11 is 27.7. The van der Waals surface area contributed by atoms with Crippen molar-refractivity contribution in [2.45, 2.75) is 26.3 Å². The van der Waals surface area contributed by atoms with Gasteiger partial charge in [-0.3, -0.25) is 19.3 Å². The molecule has 0 unspecified atom stereocenters. The molecule has 0 bridgehead atoms. The molecule has 1 N–H and O–H groups in total. The maximum absolute atomic E-state index is 13.1. The van der Waals surface area contributed by atoms with Crippen LogP contribution in [0, 0.1) is 5.92 Å². The van der Waals surface area contributed by atoms with E-state index in [-0.39, 0.29) is 43.6 Å². The van der Waals surface area contributed by atoms with Crippen molar-refractivity contribution in [3.8, 4) is 0 Å². The van der Waals surface area contributed by atoms with Crippen LogP contribution in [-0.4, -0.2) is 41.2 Å². The van der Waals surface area contributed by atoms with Gasteiger partial charge >= 0.3 is 5.97 Å². The van der Waals surface area contributed by atoms with E-state index in [4.69, 9.17) is 51.1 Å². The van der Waals surface area contributed by atoms with Gasteiger partial charge in [0.1, 0.15) is 6.04 Å². The number of imide groups is 1. The highest BCUT2D eigenvalue weighted by Crippen LogP contribution is 2.45. The largest absolute Gasteiger partial charge is 0.454 e. The zero-order valence-corrected chi connectivity index (χ0v) is 22.4. The van der Waals surface area contributed by atoms with Gasteiger partial charge in [-0.1, -0.05) is 76.2 Å². The topological polar surface area (TPSA) is 92.8 Å². The normalized spacial score (nSPS) is 13.8. The Hall–Kier alpha value is -1.84. The SMILES string of the molecule is CC(C)C[C@@H](C(=O)OCC(=O)Nc1ccc(Br)cc1)N1C(=O)c2c(Cl)c(Cl)c(Cl)c(Cl)c2C1=O. The van der Waals surface area contributed by atoms with Crippen LogP contribution in [0.5, 0.6) is 0 Å². The number of hydrogen-bond donors (Lipinski definition) is 1. The first-order valence-corrected chi connectivity index (χ1v) is 12.2. The van der Waals surface area contributed by atoms with Crippen molar-refractivity contribution in [2.24, 2.45) is 5.92 Å². The summed E-state index contributed by atoms with van der Waals surface area (Å²) in [5.74, 6) is -3.35. The highest BCUT2D eigenvalue weighted by atomic mass is 79.9. The first-order chi connectivity index (χ1) is 15.9. The Morgan fingerprint density at radius 3 is 1.91 bits per heavy atom. The predicted octanol–water partition coefficient (Wildman–Crippen LogP) is 6.26. The molecule has 1 atom stereocenters. The van der Waals surface area contributed by atoms with Crippen LogP contribution in [0.25, 0.3) is 0 Å². The monoisotopic (exact) mass is 608 g/mol. The molecule has 3 rings (SSSR count). The number of hydrogen-bond acceptors (Lipinski definition) is 5. The molecule has 12 heteroatoms. The van der Waals surface area contributed by atoms with E-state index in [1.807, 2.05) is 0 Å². The summed E-state index contributed by atoms with van der Waals surface area (Å²) in [5.41, 5.74) is 0.0302. The quantitative estimate of drug-likeness (QED) is 0.173. The maximum Gasteiger partial charge on any atom is 0.329 e. The first-order valence-electron chi connectivity index (χ1n) is 9.89. The van der Waals surface area contributed by atoms with E-state index in [0.717, 1.165) is 9.37 Å². The molecule has 0 aliphatic carbocycles. The molecular formula is C22H17BrCl4N2O5. The average molecular weight is 611 g/mol. The van der Waals surface area contributed by atoms with Crippen molar-refractivity contribution in [2.75, 3.05) is 11.9 Å². The summed E-state index contributed by atoms with van der Waals surface area (Å²) in [6.07, 6.45) is 0.0787. The second-order valence-electron chi connectivity index (χ2n) is 7.79. The maximum atomic E-state index is 13.1. The smallest absolute Gasteiger partial charge is 0.329 e. The molecule has 2 aromatic rings. The van der Waals surface area contributed by atoms with Gasteiger partial charge in [0, 0.05) is 10.2 Å². The molecule has 180 valence electrons. The minimum atomic E-state index is -1.32. The molecule has 1 heterocycles. The van der Waals surface area contributed by atoms with Crippen LogP contribution in [0.15, 0.2) is 28.7 Å². The number of nitrogens with zero attached hydrogens (tertiary/aromatic N) is 1. The minimum Gasteiger partial charge on any atom is -0.454 e. The Labute approximate surface area is 223 Å². The standard InChI is InChI=1S/C22H17BrCl4N2O5/c1-9(2)7-12(22(33)34-8-13(30)28-11-5-3-10(23)4-6-11)29-20(31)14-15(21(29)32)17(25)19(27)18(26)16(14)24/h3-6,9,12H,7-8H2,1-2H3,(H,28,30)/t12-/m0/s1. The highest BCUT2D eigenvalue weighted by molar-refractivity contribution is 9.10. The molecule has 1 aliphatic rings. The van der Waals surface area contributed by atoms with Crippen molar-refractivity contribution in [3.63, 3.8) is 0 Å². The third-order valence-electron chi connectivity index (χ3n) is 4.88. The molecule has 7 nitrogen and oxygen atoms in total. The van der Waals surface area contributed by atoms with Gasteiger partial charge < -0.3 is 10.1 Å². The third-order valence-corrected chi connectivity index (χ3v) is 7.22. The summed E-state index contributed by atoms with van der Waals surface area (Å²) in [6.45, 7) is 2.98. The summed E-state index contributed by atoms with van der Waals surface area (Å²) in [4.78, 5) is 52.2. The number of halogens is 5. The van der Waals surface area contributed by atoms with Crippen LogP contribution in [0.1, 0.15) is 41.0 Å². The van der Waals surface area contributed by atoms with E-state index in [1.54, 1.807) is 38.1 Å². The molecule has 0 saturated carbocycles. The third kappa shape index (κ3) is 5.36. The van der Waals surface area contributed by atoms with Crippen molar-refractivity contribution >= 4 is 91.7 Å². The van der Waals surface area contributed by atoms with E-state index in [9.17, 15) is 19.2 Å². The Kier molecular flexibility index (Phi) is 8.52. The van der Waals surface area contributed by atoms with Crippen LogP contribution in [0.3, 0.4) is 0 Å². The van der Waals surface area contributed by atoms with Gasteiger partial charge in [0.2, 0.25) is 0 Å². The lowest BCUT2D eigenvalue weighted by atomic mass is 10.0. The molecule has 3 amide bonds. The number of amides is 3. The van der Waals surface area contributed by atoms with Crippen LogP contribution < -0.4 is 5.32 Å². The number of rotatable bonds is 7. The van der Waals surface area contributed by atoms with Gasteiger partial charge in [-0.05, 0) is 36.6 Å². The van der Waals surface area contributed by atoms with Crippen molar-refractivity contribution < 1.29 is 23.9 Å². The number of ether oxygens (including phenoxy) is 1. The summed E-state index contributed by atoms with van der Waals surface area (Å²) in [7, 11) is 0. The Bertz CT molecular complexity index is 1140. The number of benzene rings is 2.